The number of nitrogens with two attached hydrogens (primary N) is 1. The molecule has 1 atom stereocenters. The third kappa shape index (κ3) is 3.88. The van der Waals surface area contributed by atoms with E-state index < -0.39 is 0 Å². The Labute approximate surface area is 197 Å². The van der Waals surface area contributed by atoms with E-state index >= 15 is 8.78 Å². The van der Waals surface area contributed by atoms with E-state index in [2.05, 4.69) is 17.1 Å². The Morgan fingerprint density at radius 3 is 2.68 bits per heavy atom. The van der Waals surface area contributed by atoms with E-state index in [4.69, 9.17) is 5.73 Å². The summed E-state index contributed by atoms with van der Waals surface area (Å²) in [5.41, 5.74) is 11.1. The summed E-state index contributed by atoms with van der Waals surface area (Å²) in [4.78, 5) is 0. The van der Waals surface area contributed by atoms with E-state index in [0.29, 0.717) is 27.5 Å². The van der Waals surface area contributed by atoms with Crippen molar-refractivity contribution in [2.24, 2.45) is 5.73 Å². The number of nitrogens with zero attached hydrogens (tertiary/aromatic N) is 2. The molecule has 34 heavy (non-hydrogen) atoms. The van der Waals surface area contributed by atoms with Crippen molar-refractivity contribution in [3.8, 4) is 11.3 Å². The molecule has 0 bridgehead atoms. The molecule has 0 radical (unpaired) electrons. The fraction of sp³-hybridized carbons (Fsp3) is 0.250. The van der Waals surface area contributed by atoms with Gasteiger partial charge in [-0.25, -0.2) is 8.78 Å². The first-order valence-corrected chi connectivity index (χ1v) is 11.7. The van der Waals surface area contributed by atoms with Crippen molar-refractivity contribution in [3.05, 3.63) is 89.1 Å². The molecule has 0 amide bonds. The van der Waals surface area contributed by atoms with Gasteiger partial charge in [-0.1, -0.05) is 43.3 Å². The lowest BCUT2D eigenvalue weighted by Crippen LogP contribution is -2.19. The third-order valence-corrected chi connectivity index (χ3v) is 6.76. The summed E-state index contributed by atoms with van der Waals surface area (Å²) in [7, 11) is 0. The molecule has 0 aliphatic rings. The monoisotopic (exact) mass is 458 g/mol. The smallest absolute Gasteiger partial charge is 0.157 e. The van der Waals surface area contributed by atoms with Crippen LogP contribution in [0.1, 0.15) is 36.5 Å². The van der Waals surface area contributed by atoms with Gasteiger partial charge >= 0.3 is 0 Å². The maximum absolute atomic E-state index is 16.1. The zero-order valence-electron chi connectivity index (χ0n) is 19.4. The van der Waals surface area contributed by atoms with Crippen molar-refractivity contribution < 1.29 is 8.78 Å². The maximum atomic E-state index is 16.1. The van der Waals surface area contributed by atoms with Crippen molar-refractivity contribution in [1.29, 1.82) is 0 Å². The fourth-order valence-electron chi connectivity index (χ4n) is 4.69. The molecule has 2 heterocycles. The van der Waals surface area contributed by atoms with Crippen LogP contribution in [0.25, 0.3) is 33.1 Å². The van der Waals surface area contributed by atoms with Gasteiger partial charge in [0.1, 0.15) is 5.82 Å². The average molecular weight is 459 g/mol. The molecule has 174 valence electrons. The van der Waals surface area contributed by atoms with Crippen LogP contribution in [0.4, 0.5) is 8.78 Å². The highest BCUT2D eigenvalue weighted by Crippen LogP contribution is 2.38. The Hall–Kier alpha value is -3.51. The predicted molar refractivity (Wildman–Crippen MR) is 134 cm³/mol. The number of aryl methyl sites for hydroxylation is 2. The summed E-state index contributed by atoms with van der Waals surface area (Å²) in [6.07, 6.45) is 4.10. The summed E-state index contributed by atoms with van der Waals surface area (Å²) in [6, 6.07) is 16.9. The highest BCUT2D eigenvalue weighted by Gasteiger charge is 2.23. The second kappa shape index (κ2) is 9.03. The molecule has 0 aliphatic heterocycles. The molecule has 0 aliphatic carbocycles. The van der Waals surface area contributed by atoms with Crippen LogP contribution in [0, 0.1) is 18.6 Å². The van der Waals surface area contributed by atoms with Gasteiger partial charge in [0.05, 0.1) is 29.5 Å². The molecule has 5 rings (SSSR count). The van der Waals surface area contributed by atoms with Crippen LogP contribution in [0.15, 0.2) is 60.8 Å². The Morgan fingerprint density at radius 1 is 1.09 bits per heavy atom. The van der Waals surface area contributed by atoms with E-state index in [-0.39, 0.29) is 24.2 Å². The topological polar surface area (TPSA) is 59.6 Å². The van der Waals surface area contributed by atoms with Gasteiger partial charge in [0, 0.05) is 27.9 Å². The number of hydrogen-bond acceptors (Lipinski definition) is 2. The molecule has 6 heteroatoms. The van der Waals surface area contributed by atoms with Crippen molar-refractivity contribution >= 4 is 21.8 Å². The molecule has 1 unspecified atom stereocenters. The normalized spacial score (nSPS) is 12.6. The molecular formula is C28H28F2N4. The highest BCUT2D eigenvalue weighted by atomic mass is 19.1. The Kier molecular flexibility index (Phi) is 5.92. The van der Waals surface area contributed by atoms with Crippen molar-refractivity contribution in [1.82, 2.24) is 14.8 Å². The largest absolute Gasteiger partial charge is 0.333 e. The van der Waals surface area contributed by atoms with Gasteiger partial charge in [-0.3, -0.25) is 5.10 Å². The molecule has 2 aromatic heterocycles. The lowest BCUT2D eigenvalue weighted by molar-refractivity contribution is 0.582. The van der Waals surface area contributed by atoms with Crippen LogP contribution in [0.2, 0.25) is 0 Å². The zero-order chi connectivity index (χ0) is 23.8. The highest BCUT2D eigenvalue weighted by molar-refractivity contribution is 6.07. The maximum Gasteiger partial charge on any atom is 0.157 e. The second-order valence-electron chi connectivity index (χ2n) is 8.99. The number of halogens is 2. The molecular weight excluding hydrogens is 430 g/mol. The van der Waals surface area contributed by atoms with Crippen LogP contribution in [0.3, 0.4) is 0 Å². The number of aromatic nitrogens is 3. The van der Waals surface area contributed by atoms with Gasteiger partial charge in [-0.2, -0.15) is 5.10 Å². The summed E-state index contributed by atoms with van der Waals surface area (Å²) >= 11 is 0. The average Bonchev–Trinajstić information content (AvgIpc) is 3.42. The SMILES string of the molecule is CCC(N)CCc1ccc(Cn2c(-c3ccccc3C)c(F)c3c4cn[nH]c4ccc32)c(F)c1. The number of benzene rings is 3. The van der Waals surface area contributed by atoms with Gasteiger partial charge in [-0.15, -0.1) is 0 Å². The summed E-state index contributed by atoms with van der Waals surface area (Å²) in [5, 5.41) is 8.22. The number of H-pyrrole nitrogens is 1. The Bertz CT molecular complexity index is 1480. The Morgan fingerprint density at radius 2 is 1.91 bits per heavy atom. The predicted octanol–water partition coefficient (Wildman–Crippen LogP) is 6.49. The van der Waals surface area contributed by atoms with Gasteiger partial charge < -0.3 is 10.3 Å². The molecule has 0 saturated carbocycles. The summed E-state index contributed by atoms with van der Waals surface area (Å²) in [5.74, 6) is -0.605. The fourth-order valence-corrected chi connectivity index (χ4v) is 4.69. The van der Waals surface area contributed by atoms with Crippen LogP contribution in [0.5, 0.6) is 0 Å². The van der Waals surface area contributed by atoms with Gasteiger partial charge in [0.15, 0.2) is 5.82 Å². The van der Waals surface area contributed by atoms with E-state index in [0.717, 1.165) is 41.5 Å². The van der Waals surface area contributed by atoms with Crippen LogP contribution < -0.4 is 5.73 Å². The number of hydrogen-bond donors (Lipinski definition) is 2. The van der Waals surface area contributed by atoms with E-state index in [1.165, 1.54) is 0 Å². The number of fused-ring (bicyclic) bond motifs is 3. The number of nitrogens with one attached hydrogen (secondary N) is 1. The van der Waals surface area contributed by atoms with E-state index in [1.807, 2.05) is 60.0 Å². The quantitative estimate of drug-likeness (QED) is 0.293. The van der Waals surface area contributed by atoms with Gasteiger partial charge in [0.25, 0.3) is 0 Å². The van der Waals surface area contributed by atoms with Crippen molar-refractivity contribution in [2.75, 3.05) is 0 Å². The lowest BCUT2D eigenvalue weighted by Gasteiger charge is -2.14. The minimum absolute atomic E-state index is 0.119. The molecule has 3 N–H and O–H groups in total. The first kappa shape index (κ1) is 22.3. The number of rotatable bonds is 7. The standard InChI is InChI=1S/C28H28F2N4/c1-3-20(31)11-9-18-8-10-19(23(29)14-18)16-34-25-13-12-24-22(15-32-33-24)26(25)27(30)28(34)21-7-5-4-6-17(21)2/h4-8,10,12-15,20H,3,9,11,16,31H2,1-2H3,(H,32,33). The molecule has 0 saturated heterocycles. The van der Waals surface area contributed by atoms with Gasteiger partial charge in [-0.05, 0) is 55.5 Å². The Balaban J connectivity index is 1.63. The molecule has 0 fully saturated rings. The summed E-state index contributed by atoms with van der Waals surface area (Å²) in [6.45, 7) is 4.23. The van der Waals surface area contributed by atoms with E-state index in [9.17, 15) is 0 Å². The van der Waals surface area contributed by atoms with Crippen molar-refractivity contribution in [3.63, 3.8) is 0 Å². The van der Waals surface area contributed by atoms with Crippen molar-refractivity contribution in [2.45, 2.75) is 45.7 Å². The second-order valence-corrected chi connectivity index (χ2v) is 8.99. The molecule has 3 aromatic carbocycles. The molecule has 0 spiro atoms. The molecule has 5 aromatic rings. The number of aromatic amines is 1. The van der Waals surface area contributed by atoms with Crippen LogP contribution in [-0.4, -0.2) is 20.8 Å². The zero-order valence-corrected chi connectivity index (χ0v) is 19.4. The van der Waals surface area contributed by atoms with Crippen LogP contribution >= 0.6 is 0 Å². The van der Waals surface area contributed by atoms with E-state index in [1.54, 1.807) is 12.3 Å². The minimum atomic E-state index is -0.318. The lowest BCUT2D eigenvalue weighted by atomic mass is 10.0. The third-order valence-electron chi connectivity index (χ3n) is 6.76. The summed E-state index contributed by atoms with van der Waals surface area (Å²) < 4.78 is 33.2. The first-order valence-electron chi connectivity index (χ1n) is 11.7. The van der Waals surface area contributed by atoms with Crippen LogP contribution in [-0.2, 0) is 13.0 Å². The first-order chi connectivity index (χ1) is 16.5. The van der Waals surface area contributed by atoms with Gasteiger partial charge in [0.2, 0.25) is 0 Å². The minimum Gasteiger partial charge on any atom is -0.333 e. The molecule has 4 nitrogen and oxygen atoms in total.